The van der Waals surface area contributed by atoms with Crippen LogP contribution in [0.25, 0.3) is 0 Å². The largest absolute Gasteiger partial charge is 1.00 e. The second kappa shape index (κ2) is 6.80. The van der Waals surface area contributed by atoms with Crippen LogP contribution in [0.3, 0.4) is 0 Å². The Bertz CT molecular complexity index is 201. The van der Waals surface area contributed by atoms with Gasteiger partial charge in [-0.3, -0.25) is 0 Å². The summed E-state index contributed by atoms with van der Waals surface area (Å²) in [6.45, 7) is 25.7. The third-order valence-corrected chi connectivity index (χ3v) is 12.0. The third-order valence-electron chi connectivity index (χ3n) is 4.36. The van der Waals surface area contributed by atoms with Crippen LogP contribution in [0.4, 0.5) is 0 Å². The van der Waals surface area contributed by atoms with Crippen LogP contribution in [-0.4, -0.2) is 25.9 Å². The fourth-order valence-electron chi connectivity index (χ4n) is 2.96. The summed E-state index contributed by atoms with van der Waals surface area (Å²) in [6.07, 6.45) is 1.02. The molecule has 0 bridgehead atoms. The van der Waals surface area contributed by atoms with Gasteiger partial charge in [-0.05, 0) is 23.2 Å². The molecule has 0 N–H and O–H groups in total. The van der Waals surface area contributed by atoms with Gasteiger partial charge in [0.05, 0.1) is 0 Å². The second-order valence-corrected chi connectivity index (χ2v) is 12.8. The molecule has 98 valence electrons. The first-order valence-electron chi connectivity index (χ1n) is 6.56. The molecule has 0 radical (unpaired) electrons. The first kappa shape index (κ1) is 20.1. The Balaban J connectivity index is 0. The monoisotopic (exact) mass is 249 g/mol. The second-order valence-electron chi connectivity index (χ2n) is 7.01. The van der Waals surface area contributed by atoms with E-state index in [0.29, 0.717) is 10.1 Å². The standard InChI is InChI=1S/C14H32NSi.Li/c1-10-12-15(11-2)16(9,13(3,4)5)14(6,7)8;/h1,10-12H2,2-9H3;/q-1;+1. The van der Waals surface area contributed by atoms with Gasteiger partial charge >= 0.3 is 18.9 Å². The van der Waals surface area contributed by atoms with E-state index in [1.54, 1.807) is 0 Å². The summed E-state index contributed by atoms with van der Waals surface area (Å²) in [5.41, 5.74) is 0. The quantitative estimate of drug-likeness (QED) is 0.542. The maximum atomic E-state index is 4.03. The molecular formula is C14H32LiNSi. The number of hydrogen-bond acceptors (Lipinski definition) is 1. The van der Waals surface area contributed by atoms with Crippen molar-refractivity contribution in [2.75, 3.05) is 13.1 Å². The van der Waals surface area contributed by atoms with Crippen LogP contribution in [-0.2, 0) is 0 Å². The minimum atomic E-state index is -1.51. The van der Waals surface area contributed by atoms with Crippen molar-refractivity contribution in [1.82, 2.24) is 4.57 Å². The van der Waals surface area contributed by atoms with Gasteiger partial charge in [0.25, 0.3) is 0 Å². The number of hydrogen-bond donors (Lipinski definition) is 0. The topological polar surface area (TPSA) is 3.24 Å². The van der Waals surface area contributed by atoms with E-state index in [1.165, 1.54) is 0 Å². The van der Waals surface area contributed by atoms with Crippen LogP contribution >= 0.6 is 0 Å². The molecule has 0 saturated carbocycles. The van der Waals surface area contributed by atoms with Crippen LogP contribution in [0, 0.1) is 6.92 Å². The zero-order valence-corrected chi connectivity index (χ0v) is 14.8. The summed E-state index contributed by atoms with van der Waals surface area (Å²) < 4.78 is 2.74. The van der Waals surface area contributed by atoms with Crippen molar-refractivity contribution in [3.8, 4) is 0 Å². The first-order valence-corrected chi connectivity index (χ1v) is 9.01. The van der Waals surface area contributed by atoms with E-state index < -0.39 is 8.24 Å². The molecule has 17 heavy (non-hydrogen) atoms. The Hall–Kier alpha value is 0.774. The van der Waals surface area contributed by atoms with Gasteiger partial charge < -0.3 is 11.5 Å². The van der Waals surface area contributed by atoms with Crippen molar-refractivity contribution < 1.29 is 18.9 Å². The predicted octanol–water partition coefficient (Wildman–Crippen LogP) is 1.71. The molecule has 0 fully saturated rings. The van der Waals surface area contributed by atoms with E-state index in [-0.39, 0.29) is 18.9 Å². The van der Waals surface area contributed by atoms with E-state index >= 15 is 0 Å². The molecule has 0 aliphatic rings. The molecule has 0 aliphatic heterocycles. The average molecular weight is 249 g/mol. The van der Waals surface area contributed by atoms with Crippen molar-refractivity contribution in [3.63, 3.8) is 0 Å². The maximum absolute atomic E-state index is 4.03. The molecule has 0 aromatic rings. The van der Waals surface area contributed by atoms with E-state index in [1.807, 2.05) is 0 Å². The molecule has 0 aromatic heterocycles. The average Bonchev–Trinajstić information content (AvgIpc) is 2.09. The van der Waals surface area contributed by atoms with Gasteiger partial charge in [-0.2, -0.15) is 6.42 Å². The van der Waals surface area contributed by atoms with E-state index in [4.69, 9.17) is 0 Å². The van der Waals surface area contributed by atoms with Gasteiger partial charge in [-0.15, -0.1) is 0 Å². The summed E-state index contributed by atoms with van der Waals surface area (Å²) in [5.74, 6) is 0. The molecule has 0 aromatic carbocycles. The van der Waals surface area contributed by atoms with Crippen LogP contribution < -0.4 is 18.9 Å². The van der Waals surface area contributed by atoms with Gasteiger partial charge in [-0.25, -0.2) is 0 Å². The molecule has 0 rings (SSSR count). The van der Waals surface area contributed by atoms with Crippen LogP contribution in [0.15, 0.2) is 0 Å². The first-order chi connectivity index (χ1) is 7.02. The van der Waals surface area contributed by atoms with Gasteiger partial charge in [0, 0.05) is 0 Å². The zero-order valence-electron chi connectivity index (χ0n) is 13.8. The summed E-state index contributed by atoms with van der Waals surface area (Å²) in [6, 6.07) is 0. The Morgan fingerprint density at radius 3 is 1.53 bits per heavy atom. The molecule has 3 heteroatoms. The van der Waals surface area contributed by atoms with Gasteiger partial charge in [0.15, 0.2) is 0 Å². The minimum Gasteiger partial charge on any atom is -0.342 e. The summed E-state index contributed by atoms with van der Waals surface area (Å²) >= 11 is 0. The molecule has 0 aliphatic carbocycles. The predicted molar refractivity (Wildman–Crippen MR) is 78.3 cm³/mol. The minimum absolute atomic E-state index is 0. The molecule has 0 saturated heterocycles. The van der Waals surface area contributed by atoms with Gasteiger partial charge in [0.1, 0.15) is 8.24 Å². The maximum Gasteiger partial charge on any atom is 1.00 e. The Labute approximate surface area is 123 Å². The molecule has 0 unspecified atom stereocenters. The summed E-state index contributed by atoms with van der Waals surface area (Å²) in [5, 5.41) is 0.798. The van der Waals surface area contributed by atoms with Crippen molar-refractivity contribution in [1.29, 1.82) is 0 Å². The van der Waals surface area contributed by atoms with Crippen molar-refractivity contribution in [3.05, 3.63) is 6.92 Å². The Kier molecular flexibility index (Phi) is 8.04. The molecular weight excluding hydrogens is 217 g/mol. The van der Waals surface area contributed by atoms with Crippen molar-refractivity contribution in [2.45, 2.75) is 71.5 Å². The van der Waals surface area contributed by atoms with E-state index in [0.717, 1.165) is 19.5 Å². The fraction of sp³-hybridized carbons (Fsp3) is 0.929. The van der Waals surface area contributed by atoms with Crippen LogP contribution in [0.1, 0.15) is 54.9 Å². The van der Waals surface area contributed by atoms with Crippen LogP contribution in [0.5, 0.6) is 0 Å². The summed E-state index contributed by atoms with van der Waals surface area (Å²) in [4.78, 5) is 0. The molecule has 0 atom stereocenters. The van der Waals surface area contributed by atoms with Crippen LogP contribution in [0.2, 0.25) is 16.6 Å². The number of rotatable bonds is 4. The van der Waals surface area contributed by atoms with Crippen molar-refractivity contribution >= 4 is 8.24 Å². The summed E-state index contributed by atoms with van der Waals surface area (Å²) in [7, 11) is -1.51. The van der Waals surface area contributed by atoms with E-state index in [9.17, 15) is 0 Å². The van der Waals surface area contributed by atoms with E-state index in [2.05, 4.69) is 66.5 Å². The Morgan fingerprint density at radius 2 is 1.35 bits per heavy atom. The fourth-order valence-corrected chi connectivity index (χ4v) is 8.35. The molecule has 0 heterocycles. The zero-order chi connectivity index (χ0) is 13.2. The van der Waals surface area contributed by atoms with Gasteiger partial charge in [-0.1, -0.05) is 55.0 Å². The third kappa shape index (κ3) is 4.13. The number of nitrogens with zero attached hydrogens (tertiary/aromatic N) is 1. The smallest absolute Gasteiger partial charge is 0.342 e. The molecule has 0 spiro atoms. The van der Waals surface area contributed by atoms with Gasteiger partial charge in [0.2, 0.25) is 0 Å². The molecule has 0 amide bonds. The SMILES string of the molecule is [CH2-]CCN(CC)[Si](C)(C(C)(C)C)C(C)(C)C.[Li+]. The normalized spacial score (nSPS) is 13.8. The Morgan fingerprint density at radius 1 is 1.00 bits per heavy atom. The van der Waals surface area contributed by atoms with Crippen molar-refractivity contribution in [2.24, 2.45) is 0 Å². The molecule has 1 nitrogen and oxygen atoms in total.